The van der Waals surface area contributed by atoms with Crippen molar-refractivity contribution < 1.29 is 80.2 Å². The topological polar surface area (TPSA) is 237 Å². The Hall–Kier alpha value is -2.56. The second kappa shape index (κ2) is 72.2. The summed E-state index contributed by atoms with van der Waals surface area (Å²) < 4.78 is 69.3. The highest BCUT2D eigenvalue weighted by Crippen LogP contribution is 2.45. The predicted octanol–water partition coefficient (Wildman–Crippen LogP) is 22.0. The van der Waals surface area contributed by atoms with Gasteiger partial charge in [0.1, 0.15) is 31.7 Å². The van der Waals surface area contributed by atoms with Crippen molar-refractivity contribution in [1.29, 1.82) is 0 Å². The summed E-state index contributed by atoms with van der Waals surface area (Å²) in [6.07, 6.45) is 67.6. The number of carbonyl (C=O) groups is 4. The van der Waals surface area contributed by atoms with E-state index in [0.29, 0.717) is 32.3 Å². The summed E-state index contributed by atoms with van der Waals surface area (Å²) in [5.74, 6) is -1.45. The first kappa shape index (κ1) is 93.4. The third-order valence-electron chi connectivity index (χ3n) is 17.1. The van der Waals surface area contributed by atoms with E-state index in [1.165, 1.54) is 154 Å². The lowest BCUT2D eigenvalue weighted by molar-refractivity contribution is -0.161. The van der Waals surface area contributed by atoms with Crippen LogP contribution in [0.4, 0.5) is 0 Å². The van der Waals surface area contributed by atoms with E-state index < -0.39 is 78.9 Å². The molecule has 0 spiro atoms. The Balaban J connectivity index is 5.24. The third-order valence-corrected chi connectivity index (χ3v) is 19.0. The third kappa shape index (κ3) is 71.3. The molecule has 0 heterocycles. The SMILES string of the molecule is CCCCC/C=C\C/C=C\CCCCCCCC(=O)O[C@H](COC(=O)CCCCCCCCCCCCCCC)COP(=O)(O)OC[C@@H](O)COP(=O)(O)OC[C@@H](COC(=O)CCCCCCCCCCCCCCC)OCCCCCCCCC/C=C\CCCCCCC=O. The van der Waals surface area contributed by atoms with E-state index in [2.05, 4.69) is 57.2 Å². The van der Waals surface area contributed by atoms with Gasteiger partial charge in [0.15, 0.2) is 6.10 Å². The zero-order valence-corrected chi connectivity index (χ0v) is 63.1. The normalized spacial score (nSPS) is 14.1. The van der Waals surface area contributed by atoms with Gasteiger partial charge < -0.3 is 38.6 Å². The van der Waals surface area contributed by atoms with Gasteiger partial charge in [-0.25, -0.2) is 9.13 Å². The van der Waals surface area contributed by atoms with Crippen molar-refractivity contribution >= 4 is 39.8 Å². The lowest BCUT2D eigenvalue weighted by Crippen LogP contribution is -2.30. The molecule has 0 fully saturated rings. The molecule has 0 aliphatic rings. The molecule has 0 aromatic heterocycles. The summed E-state index contributed by atoms with van der Waals surface area (Å²) in [7, 11) is -9.78. The highest BCUT2D eigenvalue weighted by atomic mass is 31.2. The maximum atomic E-state index is 13.1. The molecule has 0 aromatic rings. The minimum Gasteiger partial charge on any atom is -0.463 e. The van der Waals surface area contributed by atoms with Gasteiger partial charge in [-0.05, 0) is 89.9 Å². The number of unbranched alkanes of at least 4 members (excludes halogenated alkanes) is 44. The van der Waals surface area contributed by atoms with E-state index in [9.17, 15) is 43.2 Å². The van der Waals surface area contributed by atoms with E-state index in [1.54, 1.807) is 0 Å². The first-order valence-electron chi connectivity index (χ1n) is 39.2. The van der Waals surface area contributed by atoms with Crippen molar-refractivity contribution in [1.82, 2.24) is 0 Å². The smallest absolute Gasteiger partial charge is 0.463 e. The molecule has 0 aliphatic carbocycles. The zero-order valence-electron chi connectivity index (χ0n) is 61.4. The molecule has 19 heteroatoms. The Kier molecular flexibility index (Phi) is 70.3. The summed E-state index contributed by atoms with van der Waals surface area (Å²) in [5, 5.41) is 10.6. The molecule has 0 aliphatic heterocycles. The van der Waals surface area contributed by atoms with Crippen molar-refractivity contribution in [2.24, 2.45) is 0 Å². The van der Waals surface area contributed by atoms with Crippen LogP contribution in [0.3, 0.4) is 0 Å². The molecule has 0 radical (unpaired) electrons. The highest BCUT2D eigenvalue weighted by molar-refractivity contribution is 7.47. The van der Waals surface area contributed by atoms with E-state index in [4.69, 9.17) is 37.0 Å². The van der Waals surface area contributed by atoms with Crippen LogP contribution in [0.25, 0.3) is 0 Å². The van der Waals surface area contributed by atoms with E-state index in [1.807, 2.05) is 0 Å². The molecule has 0 saturated carbocycles. The van der Waals surface area contributed by atoms with E-state index >= 15 is 0 Å². The Bertz CT molecular complexity index is 1930. The number of allylic oxidation sites excluding steroid dienone is 6. The molecule has 0 rings (SSSR count). The molecule has 0 amide bonds. The highest BCUT2D eigenvalue weighted by Gasteiger charge is 2.30. The summed E-state index contributed by atoms with van der Waals surface area (Å²) in [6, 6.07) is 0. The molecule has 5 atom stereocenters. The summed E-state index contributed by atoms with van der Waals surface area (Å²) in [6.45, 7) is 3.57. The first-order chi connectivity index (χ1) is 46.8. The van der Waals surface area contributed by atoms with Crippen molar-refractivity contribution in [2.75, 3.05) is 46.2 Å². The Morgan fingerprint density at radius 1 is 0.333 bits per heavy atom. The van der Waals surface area contributed by atoms with Crippen LogP contribution in [0, 0.1) is 0 Å². The lowest BCUT2D eigenvalue weighted by Gasteiger charge is -2.21. The monoisotopic (exact) mass is 1400 g/mol. The Morgan fingerprint density at radius 3 is 1.00 bits per heavy atom. The fourth-order valence-corrected chi connectivity index (χ4v) is 12.7. The standard InChI is InChI=1S/C77H144O17P2/c1-4-7-10-13-16-19-22-25-28-33-38-43-48-53-58-63-77(82)94-74(69-89-76(81)62-57-52-47-42-37-32-24-21-18-15-12-9-6-3)71-93-96(85,86)91-67-72(79)66-90-95(83,84)92-70-73(68-88-75(80)61-56-51-46-41-36-31-23-20-17-14-11-8-5-2)87-65-60-55-50-45-40-35-30-27-26-29-34-39-44-49-54-59-64-78/h16,19,25-26,28-29,64,72-74,79H,4-15,17-18,20-24,27,30-63,65-71H2,1-3H3,(H,83,84)(H,85,86)/b19-16-,28-25-,29-26-/t72-,73+,74+/m0/s1. The number of phosphoric ester groups is 2. The number of aldehydes is 1. The molecule has 96 heavy (non-hydrogen) atoms. The fraction of sp³-hybridized carbons (Fsp3) is 0.870. The maximum Gasteiger partial charge on any atom is 0.472 e. The quantitative estimate of drug-likeness (QED) is 0.0128. The van der Waals surface area contributed by atoms with Crippen LogP contribution in [0.5, 0.6) is 0 Å². The molecular weight excluding hydrogens is 1260 g/mol. The van der Waals surface area contributed by atoms with Gasteiger partial charge >= 0.3 is 33.6 Å². The number of aliphatic hydroxyl groups is 1. The van der Waals surface area contributed by atoms with E-state index in [-0.39, 0.29) is 31.8 Å². The summed E-state index contributed by atoms with van der Waals surface area (Å²) in [4.78, 5) is 70.3. The van der Waals surface area contributed by atoms with Crippen LogP contribution in [-0.4, -0.2) is 104 Å². The number of rotatable bonds is 77. The molecule has 0 aromatic carbocycles. The van der Waals surface area contributed by atoms with Crippen molar-refractivity contribution in [3.8, 4) is 0 Å². The number of ether oxygens (including phenoxy) is 4. The molecular formula is C77H144O17P2. The molecule has 17 nitrogen and oxygen atoms in total. The minimum absolute atomic E-state index is 0.0977. The predicted molar refractivity (Wildman–Crippen MR) is 391 cm³/mol. The van der Waals surface area contributed by atoms with Crippen LogP contribution in [0.15, 0.2) is 36.5 Å². The number of carbonyl (C=O) groups excluding carboxylic acids is 4. The molecule has 3 N–H and O–H groups in total. The largest absolute Gasteiger partial charge is 0.472 e. The van der Waals surface area contributed by atoms with E-state index in [0.717, 1.165) is 154 Å². The summed E-state index contributed by atoms with van der Waals surface area (Å²) in [5.41, 5.74) is 0. The minimum atomic E-state index is -4.93. The van der Waals surface area contributed by atoms with Gasteiger partial charge in [0.2, 0.25) is 0 Å². The molecule has 0 saturated heterocycles. The first-order valence-corrected chi connectivity index (χ1v) is 42.2. The second-order valence-corrected chi connectivity index (χ2v) is 29.5. The number of esters is 3. The van der Waals surface area contributed by atoms with Crippen molar-refractivity contribution in [2.45, 2.75) is 386 Å². The van der Waals surface area contributed by atoms with Gasteiger partial charge in [0.05, 0.1) is 26.4 Å². The molecule has 0 bridgehead atoms. The van der Waals surface area contributed by atoms with Crippen LogP contribution < -0.4 is 0 Å². The number of hydrogen-bond donors (Lipinski definition) is 3. The second-order valence-electron chi connectivity index (χ2n) is 26.6. The Morgan fingerprint density at radius 2 is 0.615 bits per heavy atom. The van der Waals surface area contributed by atoms with Gasteiger partial charge in [0.25, 0.3) is 0 Å². The maximum absolute atomic E-state index is 13.1. The van der Waals surface area contributed by atoms with Gasteiger partial charge in [-0.15, -0.1) is 0 Å². The van der Waals surface area contributed by atoms with Gasteiger partial charge in [-0.2, -0.15) is 0 Å². The number of phosphoric acid groups is 2. The average molecular weight is 1400 g/mol. The lowest BCUT2D eigenvalue weighted by atomic mass is 10.0. The van der Waals surface area contributed by atoms with Gasteiger partial charge in [0, 0.05) is 32.3 Å². The zero-order chi connectivity index (χ0) is 70.2. The molecule has 564 valence electrons. The van der Waals surface area contributed by atoms with Crippen LogP contribution in [0.2, 0.25) is 0 Å². The Labute approximate surface area is 585 Å². The summed E-state index contributed by atoms with van der Waals surface area (Å²) >= 11 is 0. The van der Waals surface area contributed by atoms with Crippen molar-refractivity contribution in [3.63, 3.8) is 0 Å². The average Bonchev–Trinajstić information content (AvgIpc) is 2.00. The van der Waals surface area contributed by atoms with Gasteiger partial charge in [-0.3, -0.25) is 32.5 Å². The van der Waals surface area contributed by atoms with Crippen LogP contribution in [-0.2, 0) is 65.4 Å². The molecule has 2 unspecified atom stereocenters. The fourth-order valence-electron chi connectivity index (χ4n) is 11.1. The number of hydrogen-bond acceptors (Lipinski definition) is 15. The van der Waals surface area contributed by atoms with Crippen molar-refractivity contribution in [3.05, 3.63) is 36.5 Å². The van der Waals surface area contributed by atoms with Gasteiger partial charge in [-0.1, -0.05) is 288 Å². The van der Waals surface area contributed by atoms with Crippen LogP contribution >= 0.6 is 15.6 Å². The van der Waals surface area contributed by atoms with Crippen LogP contribution in [0.1, 0.15) is 367 Å². The number of aliphatic hydroxyl groups excluding tert-OH is 1.